The molecule has 1 fully saturated rings. The average molecular weight is 353 g/mol. The van der Waals surface area contributed by atoms with E-state index in [1.165, 1.54) is 16.1 Å². The van der Waals surface area contributed by atoms with E-state index >= 15 is 0 Å². The van der Waals surface area contributed by atoms with Crippen LogP contribution in [0.25, 0.3) is 0 Å². The van der Waals surface area contributed by atoms with Crippen molar-refractivity contribution in [1.29, 1.82) is 0 Å². The van der Waals surface area contributed by atoms with Crippen molar-refractivity contribution in [2.45, 2.75) is 45.1 Å². The lowest BCUT2D eigenvalue weighted by molar-refractivity contribution is 0.397. The summed E-state index contributed by atoms with van der Waals surface area (Å²) in [5.41, 5.74) is 8.12. The number of hydrogen-bond acceptors (Lipinski definition) is 3. The van der Waals surface area contributed by atoms with Gasteiger partial charge in [0.15, 0.2) is 5.96 Å². The van der Waals surface area contributed by atoms with Gasteiger partial charge in [-0.15, -0.1) is 0 Å². The monoisotopic (exact) mass is 352 g/mol. The molecule has 6 nitrogen and oxygen atoms in total. The zero-order valence-corrected chi connectivity index (χ0v) is 15.5. The number of guanidine groups is 1. The normalized spacial score (nSPS) is 21.0. The van der Waals surface area contributed by atoms with E-state index in [1.54, 1.807) is 0 Å². The van der Waals surface area contributed by atoms with Crippen LogP contribution in [0.4, 0.5) is 5.69 Å². The molecule has 7 heteroatoms. The number of rotatable bonds is 6. The van der Waals surface area contributed by atoms with E-state index in [0.29, 0.717) is 25.0 Å². The van der Waals surface area contributed by atoms with Gasteiger partial charge in [0.2, 0.25) is 10.0 Å². The van der Waals surface area contributed by atoms with Gasteiger partial charge in [-0.1, -0.05) is 26.0 Å². The number of sulfonamides is 1. The maximum Gasteiger partial charge on any atom is 0.211 e. The average Bonchev–Trinajstić information content (AvgIpc) is 3.02. The fourth-order valence-electron chi connectivity index (χ4n) is 2.95. The van der Waals surface area contributed by atoms with Gasteiger partial charge in [0.1, 0.15) is 0 Å². The molecule has 1 unspecified atom stereocenters. The molecule has 1 aliphatic rings. The molecular weight excluding hydrogens is 324 g/mol. The van der Waals surface area contributed by atoms with Crippen molar-refractivity contribution in [2.24, 2.45) is 10.7 Å². The molecule has 2 atom stereocenters. The predicted octanol–water partition coefficient (Wildman–Crippen LogP) is 2.35. The van der Waals surface area contributed by atoms with Crippen molar-refractivity contribution in [1.82, 2.24) is 4.31 Å². The quantitative estimate of drug-likeness (QED) is 0.608. The summed E-state index contributed by atoms with van der Waals surface area (Å²) >= 11 is 0. The molecule has 0 radical (unpaired) electrons. The number of aliphatic imine (C=N–C) groups is 1. The molecule has 1 aromatic carbocycles. The summed E-state index contributed by atoms with van der Waals surface area (Å²) in [6, 6.07) is 8.07. The van der Waals surface area contributed by atoms with Crippen LogP contribution in [0.3, 0.4) is 0 Å². The largest absolute Gasteiger partial charge is 0.370 e. The van der Waals surface area contributed by atoms with Crippen LogP contribution in [-0.4, -0.2) is 44.1 Å². The number of nitrogens with zero attached hydrogens (tertiary/aromatic N) is 2. The summed E-state index contributed by atoms with van der Waals surface area (Å²) in [6.45, 7) is 5.33. The predicted molar refractivity (Wildman–Crippen MR) is 99.8 cm³/mol. The second kappa shape index (κ2) is 7.98. The molecule has 0 spiro atoms. The second-order valence-electron chi connectivity index (χ2n) is 6.45. The first kappa shape index (κ1) is 18.7. The lowest BCUT2D eigenvalue weighted by Crippen LogP contribution is -2.37. The van der Waals surface area contributed by atoms with E-state index in [2.05, 4.69) is 36.3 Å². The van der Waals surface area contributed by atoms with E-state index in [1.807, 2.05) is 12.1 Å². The standard InChI is InChI=1S/C17H28N4O2S/c1-4-13(2)14-7-9-15(10-8-14)20-17(18)19-12-16-6-5-11-21(16)24(3,22)23/h7-10,13,16H,4-6,11-12H2,1-3H3,(H3,18,19,20)/t13?,16-/m1/s1. The van der Waals surface area contributed by atoms with Crippen molar-refractivity contribution in [2.75, 3.05) is 24.7 Å². The van der Waals surface area contributed by atoms with E-state index in [9.17, 15) is 8.42 Å². The van der Waals surface area contributed by atoms with Crippen LogP contribution in [0.5, 0.6) is 0 Å². The van der Waals surface area contributed by atoms with Crippen LogP contribution in [0.1, 0.15) is 44.6 Å². The SMILES string of the molecule is CCC(C)c1ccc(NC(N)=NC[C@H]2CCCN2S(C)(=O)=O)cc1. The molecule has 0 amide bonds. The van der Waals surface area contributed by atoms with Crippen LogP contribution >= 0.6 is 0 Å². The molecule has 1 aliphatic heterocycles. The van der Waals surface area contributed by atoms with Gasteiger partial charge >= 0.3 is 0 Å². The number of benzene rings is 1. The van der Waals surface area contributed by atoms with Gasteiger partial charge in [0.25, 0.3) is 0 Å². The van der Waals surface area contributed by atoms with Gasteiger partial charge in [-0.05, 0) is 42.9 Å². The van der Waals surface area contributed by atoms with E-state index < -0.39 is 10.0 Å². The number of nitrogens with two attached hydrogens (primary N) is 1. The molecule has 3 N–H and O–H groups in total. The smallest absolute Gasteiger partial charge is 0.211 e. The molecule has 24 heavy (non-hydrogen) atoms. The highest BCUT2D eigenvalue weighted by molar-refractivity contribution is 7.88. The van der Waals surface area contributed by atoms with Gasteiger partial charge in [0, 0.05) is 18.3 Å². The highest BCUT2D eigenvalue weighted by Crippen LogP contribution is 2.21. The van der Waals surface area contributed by atoms with E-state index in [-0.39, 0.29) is 6.04 Å². The van der Waals surface area contributed by atoms with Gasteiger partial charge in [-0.25, -0.2) is 8.42 Å². The molecule has 0 bridgehead atoms. The number of nitrogens with one attached hydrogen (secondary N) is 1. The minimum atomic E-state index is -3.17. The third-order valence-corrected chi connectivity index (χ3v) is 5.92. The van der Waals surface area contributed by atoms with Crippen molar-refractivity contribution < 1.29 is 8.42 Å². The summed E-state index contributed by atoms with van der Waals surface area (Å²) in [5, 5.41) is 3.06. The Bertz CT molecular complexity index is 670. The third kappa shape index (κ3) is 4.95. The maximum atomic E-state index is 11.7. The Kier molecular flexibility index (Phi) is 6.23. The van der Waals surface area contributed by atoms with Gasteiger partial charge < -0.3 is 11.1 Å². The number of hydrogen-bond donors (Lipinski definition) is 2. The van der Waals surface area contributed by atoms with Crippen molar-refractivity contribution in [3.8, 4) is 0 Å². The minimum absolute atomic E-state index is 0.0897. The first-order valence-electron chi connectivity index (χ1n) is 8.45. The highest BCUT2D eigenvalue weighted by atomic mass is 32.2. The first-order valence-corrected chi connectivity index (χ1v) is 10.3. The zero-order valence-electron chi connectivity index (χ0n) is 14.7. The summed E-state index contributed by atoms with van der Waals surface area (Å²) in [7, 11) is -3.17. The summed E-state index contributed by atoms with van der Waals surface area (Å²) < 4.78 is 25.0. The van der Waals surface area contributed by atoms with Crippen LogP contribution < -0.4 is 11.1 Å². The van der Waals surface area contributed by atoms with Crippen LogP contribution in [0, 0.1) is 0 Å². The Morgan fingerprint density at radius 1 is 1.42 bits per heavy atom. The topological polar surface area (TPSA) is 87.8 Å². The van der Waals surface area contributed by atoms with Gasteiger partial charge in [-0.2, -0.15) is 4.31 Å². The van der Waals surface area contributed by atoms with Crippen LogP contribution in [0.2, 0.25) is 0 Å². The Morgan fingerprint density at radius 2 is 2.08 bits per heavy atom. The van der Waals surface area contributed by atoms with Crippen molar-refractivity contribution >= 4 is 21.7 Å². The molecular formula is C17H28N4O2S. The fraction of sp³-hybridized carbons (Fsp3) is 0.588. The van der Waals surface area contributed by atoms with Crippen LogP contribution in [-0.2, 0) is 10.0 Å². The molecule has 1 saturated heterocycles. The molecule has 1 aromatic rings. The molecule has 0 saturated carbocycles. The highest BCUT2D eigenvalue weighted by Gasteiger charge is 2.30. The maximum absolute atomic E-state index is 11.7. The zero-order chi connectivity index (χ0) is 17.7. The third-order valence-electron chi connectivity index (χ3n) is 4.59. The molecule has 0 aliphatic carbocycles. The van der Waals surface area contributed by atoms with E-state index in [0.717, 1.165) is 24.9 Å². The van der Waals surface area contributed by atoms with Gasteiger partial charge in [0.05, 0.1) is 12.8 Å². The van der Waals surface area contributed by atoms with Crippen molar-refractivity contribution in [3.05, 3.63) is 29.8 Å². The van der Waals surface area contributed by atoms with Gasteiger partial charge in [-0.3, -0.25) is 4.99 Å². The summed E-state index contributed by atoms with van der Waals surface area (Å²) in [6.07, 6.45) is 4.05. The first-order chi connectivity index (χ1) is 11.3. The lowest BCUT2D eigenvalue weighted by Gasteiger charge is -2.20. The Hall–Kier alpha value is -1.60. The summed E-state index contributed by atoms with van der Waals surface area (Å²) in [5.74, 6) is 0.848. The Labute approximate surface area is 145 Å². The van der Waals surface area contributed by atoms with Crippen molar-refractivity contribution in [3.63, 3.8) is 0 Å². The van der Waals surface area contributed by atoms with E-state index in [4.69, 9.17) is 5.73 Å². The molecule has 2 rings (SSSR count). The van der Waals surface area contributed by atoms with Crippen LogP contribution in [0.15, 0.2) is 29.3 Å². The second-order valence-corrected chi connectivity index (χ2v) is 8.39. The minimum Gasteiger partial charge on any atom is -0.370 e. The Balaban J connectivity index is 1.94. The number of anilines is 1. The molecule has 1 heterocycles. The summed E-state index contributed by atoms with van der Waals surface area (Å²) in [4.78, 5) is 4.32. The lowest BCUT2D eigenvalue weighted by atomic mass is 9.99. The molecule has 0 aromatic heterocycles. The fourth-order valence-corrected chi connectivity index (χ4v) is 4.12. The molecule has 134 valence electrons. The Morgan fingerprint density at radius 3 is 2.67 bits per heavy atom.